The van der Waals surface area contributed by atoms with Gasteiger partial charge in [-0.05, 0) is 42.5 Å². The van der Waals surface area contributed by atoms with Gasteiger partial charge in [-0.25, -0.2) is 0 Å². The zero-order valence-corrected chi connectivity index (χ0v) is 10.6. The van der Waals surface area contributed by atoms with E-state index in [-0.39, 0.29) is 6.04 Å². The third-order valence-electron chi connectivity index (χ3n) is 3.82. The van der Waals surface area contributed by atoms with Crippen LogP contribution in [0.2, 0.25) is 0 Å². The SMILES string of the molecule is CC(N)c1ccccc1C1CCc2cccnc21. The van der Waals surface area contributed by atoms with Gasteiger partial charge in [-0.2, -0.15) is 0 Å². The summed E-state index contributed by atoms with van der Waals surface area (Å²) in [4.78, 5) is 4.58. The molecule has 0 saturated carbocycles. The number of fused-ring (bicyclic) bond motifs is 1. The van der Waals surface area contributed by atoms with E-state index in [0.717, 1.165) is 12.8 Å². The molecule has 2 unspecified atom stereocenters. The molecule has 92 valence electrons. The van der Waals surface area contributed by atoms with Gasteiger partial charge >= 0.3 is 0 Å². The molecule has 2 atom stereocenters. The highest BCUT2D eigenvalue weighted by molar-refractivity contribution is 5.42. The summed E-state index contributed by atoms with van der Waals surface area (Å²) in [6.07, 6.45) is 4.17. The number of pyridine rings is 1. The van der Waals surface area contributed by atoms with Crippen molar-refractivity contribution in [2.75, 3.05) is 0 Å². The second kappa shape index (κ2) is 4.54. The maximum absolute atomic E-state index is 6.08. The van der Waals surface area contributed by atoms with Gasteiger partial charge in [0.2, 0.25) is 0 Å². The lowest BCUT2D eigenvalue weighted by Gasteiger charge is -2.18. The monoisotopic (exact) mass is 238 g/mol. The second-order valence-electron chi connectivity index (χ2n) is 5.06. The number of hydrogen-bond acceptors (Lipinski definition) is 2. The van der Waals surface area contributed by atoms with Crippen molar-refractivity contribution in [3.63, 3.8) is 0 Å². The predicted octanol–water partition coefficient (Wildman–Crippen LogP) is 3.18. The first kappa shape index (κ1) is 11.4. The molecule has 0 bridgehead atoms. The molecule has 1 aromatic carbocycles. The quantitative estimate of drug-likeness (QED) is 0.872. The Morgan fingerprint density at radius 2 is 2.06 bits per heavy atom. The Kier molecular flexibility index (Phi) is 2.88. The Labute approximate surface area is 108 Å². The number of rotatable bonds is 2. The highest BCUT2D eigenvalue weighted by Crippen LogP contribution is 2.38. The molecule has 0 radical (unpaired) electrons. The van der Waals surface area contributed by atoms with Crippen LogP contribution in [0.15, 0.2) is 42.6 Å². The molecule has 0 fully saturated rings. The molecule has 1 heterocycles. The number of aromatic nitrogens is 1. The fourth-order valence-electron chi connectivity index (χ4n) is 2.96. The summed E-state index contributed by atoms with van der Waals surface area (Å²) in [7, 11) is 0. The Morgan fingerprint density at radius 1 is 1.22 bits per heavy atom. The highest BCUT2D eigenvalue weighted by atomic mass is 14.7. The van der Waals surface area contributed by atoms with Gasteiger partial charge in [-0.3, -0.25) is 4.98 Å². The highest BCUT2D eigenvalue weighted by Gasteiger charge is 2.27. The molecule has 0 spiro atoms. The van der Waals surface area contributed by atoms with Crippen LogP contribution < -0.4 is 5.73 Å². The Hall–Kier alpha value is -1.67. The number of aryl methyl sites for hydroxylation is 1. The van der Waals surface area contributed by atoms with Crippen molar-refractivity contribution in [1.82, 2.24) is 4.98 Å². The summed E-state index contributed by atoms with van der Waals surface area (Å²) in [5, 5.41) is 0. The first-order valence-corrected chi connectivity index (χ1v) is 6.55. The number of benzene rings is 1. The Morgan fingerprint density at radius 3 is 2.89 bits per heavy atom. The van der Waals surface area contributed by atoms with E-state index in [1.54, 1.807) is 0 Å². The number of nitrogens with two attached hydrogens (primary N) is 1. The van der Waals surface area contributed by atoms with Gasteiger partial charge in [0.05, 0.1) is 5.69 Å². The number of hydrogen-bond donors (Lipinski definition) is 1. The Balaban J connectivity index is 2.08. The first-order valence-electron chi connectivity index (χ1n) is 6.55. The molecule has 1 aliphatic rings. The van der Waals surface area contributed by atoms with Crippen molar-refractivity contribution in [3.05, 3.63) is 65.0 Å². The average Bonchev–Trinajstić information content (AvgIpc) is 2.82. The fraction of sp³-hybridized carbons (Fsp3) is 0.312. The van der Waals surface area contributed by atoms with Gasteiger partial charge in [-0.1, -0.05) is 30.3 Å². The van der Waals surface area contributed by atoms with Crippen LogP contribution in [-0.2, 0) is 6.42 Å². The van der Waals surface area contributed by atoms with Crippen LogP contribution in [0.5, 0.6) is 0 Å². The normalized spacial score (nSPS) is 19.6. The summed E-state index contributed by atoms with van der Waals surface area (Å²) in [5.41, 5.74) is 11.3. The van der Waals surface area contributed by atoms with Crippen molar-refractivity contribution in [2.45, 2.75) is 31.7 Å². The van der Waals surface area contributed by atoms with Crippen LogP contribution in [0.4, 0.5) is 0 Å². The molecule has 18 heavy (non-hydrogen) atoms. The molecule has 2 aromatic rings. The van der Waals surface area contributed by atoms with Crippen molar-refractivity contribution < 1.29 is 0 Å². The van der Waals surface area contributed by atoms with Crippen molar-refractivity contribution >= 4 is 0 Å². The Bertz CT molecular complexity index is 561. The lowest BCUT2D eigenvalue weighted by molar-refractivity contribution is 0.729. The van der Waals surface area contributed by atoms with Gasteiger partial charge < -0.3 is 5.73 Å². The summed E-state index contributed by atoms with van der Waals surface area (Å²) in [5.74, 6) is 0.420. The third-order valence-corrected chi connectivity index (χ3v) is 3.82. The van der Waals surface area contributed by atoms with E-state index in [9.17, 15) is 0 Å². The first-order chi connectivity index (χ1) is 8.77. The molecular weight excluding hydrogens is 220 g/mol. The largest absolute Gasteiger partial charge is 0.324 e. The molecule has 3 rings (SSSR count). The molecule has 1 aromatic heterocycles. The van der Waals surface area contributed by atoms with Gasteiger partial charge in [0.25, 0.3) is 0 Å². The van der Waals surface area contributed by atoms with E-state index in [1.165, 1.54) is 22.4 Å². The zero-order valence-electron chi connectivity index (χ0n) is 10.6. The van der Waals surface area contributed by atoms with Gasteiger partial charge in [0, 0.05) is 18.2 Å². The standard InChI is InChI=1S/C16H18N2/c1-11(17)13-6-2-3-7-14(13)15-9-8-12-5-4-10-18-16(12)15/h2-7,10-11,15H,8-9,17H2,1H3. The number of nitrogens with zero attached hydrogens (tertiary/aromatic N) is 1. The molecular formula is C16H18N2. The van der Waals surface area contributed by atoms with Crippen LogP contribution in [0.3, 0.4) is 0 Å². The van der Waals surface area contributed by atoms with Crippen molar-refractivity contribution in [3.8, 4) is 0 Å². The molecule has 2 heteroatoms. The summed E-state index contributed by atoms with van der Waals surface area (Å²) in [6, 6.07) is 12.8. The summed E-state index contributed by atoms with van der Waals surface area (Å²) in [6.45, 7) is 2.05. The van der Waals surface area contributed by atoms with Gasteiger partial charge in [-0.15, -0.1) is 0 Å². The van der Waals surface area contributed by atoms with E-state index in [1.807, 2.05) is 19.2 Å². The minimum absolute atomic E-state index is 0.0777. The van der Waals surface area contributed by atoms with Crippen LogP contribution in [-0.4, -0.2) is 4.98 Å². The van der Waals surface area contributed by atoms with E-state index in [4.69, 9.17) is 5.73 Å². The second-order valence-corrected chi connectivity index (χ2v) is 5.06. The maximum Gasteiger partial charge on any atom is 0.0510 e. The summed E-state index contributed by atoms with van der Waals surface area (Å²) < 4.78 is 0. The molecule has 2 nitrogen and oxygen atoms in total. The third kappa shape index (κ3) is 1.83. The molecule has 2 N–H and O–H groups in total. The smallest absolute Gasteiger partial charge is 0.0510 e. The minimum Gasteiger partial charge on any atom is -0.324 e. The van der Waals surface area contributed by atoms with Crippen LogP contribution in [0.1, 0.15) is 47.7 Å². The molecule has 0 saturated heterocycles. The van der Waals surface area contributed by atoms with Crippen LogP contribution in [0, 0.1) is 0 Å². The maximum atomic E-state index is 6.08. The van der Waals surface area contributed by atoms with Crippen LogP contribution >= 0.6 is 0 Å². The van der Waals surface area contributed by atoms with E-state index in [2.05, 4.69) is 35.3 Å². The van der Waals surface area contributed by atoms with E-state index in [0.29, 0.717) is 5.92 Å². The fourth-order valence-corrected chi connectivity index (χ4v) is 2.96. The lowest BCUT2D eigenvalue weighted by Crippen LogP contribution is -2.11. The van der Waals surface area contributed by atoms with E-state index < -0.39 is 0 Å². The molecule has 1 aliphatic carbocycles. The van der Waals surface area contributed by atoms with Crippen LogP contribution in [0.25, 0.3) is 0 Å². The summed E-state index contributed by atoms with van der Waals surface area (Å²) >= 11 is 0. The minimum atomic E-state index is 0.0777. The van der Waals surface area contributed by atoms with Crippen molar-refractivity contribution in [1.29, 1.82) is 0 Å². The lowest BCUT2D eigenvalue weighted by atomic mass is 9.89. The van der Waals surface area contributed by atoms with Gasteiger partial charge in [0.1, 0.15) is 0 Å². The van der Waals surface area contributed by atoms with Crippen molar-refractivity contribution in [2.24, 2.45) is 5.73 Å². The van der Waals surface area contributed by atoms with Gasteiger partial charge in [0.15, 0.2) is 0 Å². The predicted molar refractivity (Wildman–Crippen MR) is 73.4 cm³/mol. The molecule has 0 aliphatic heterocycles. The van der Waals surface area contributed by atoms with E-state index >= 15 is 0 Å². The molecule has 0 amide bonds. The topological polar surface area (TPSA) is 38.9 Å². The zero-order chi connectivity index (χ0) is 12.5. The average molecular weight is 238 g/mol.